The highest BCUT2D eigenvalue weighted by Gasteiger charge is 2.22. The molecule has 6 heteroatoms. The Morgan fingerprint density at radius 2 is 1.91 bits per heavy atom. The molecule has 1 N–H and O–H groups in total. The molecular weight excluding hydrogens is 452 g/mol. The number of carbonyl (C=O) groups is 1. The van der Waals surface area contributed by atoms with Gasteiger partial charge in [-0.05, 0) is 69.2 Å². The van der Waals surface area contributed by atoms with Gasteiger partial charge in [0.05, 0.1) is 5.69 Å². The van der Waals surface area contributed by atoms with Gasteiger partial charge in [0, 0.05) is 23.9 Å². The molecule has 1 aliphatic carbocycles. The number of aromatic nitrogens is 2. The third kappa shape index (κ3) is 7.96. The van der Waals surface area contributed by atoms with Crippen molar-refractivity contribution in [1.82, 2.24) is 9.97 Å². The van der Waals surface area contributed by atoms with Crippen LogP contribution >= 0.6 is 11.3 Å². The van der Waals surface area contributed by atoms with E-state index in [2.05, 4.69) is 35.0 Å². The number of hydrogen-bond donors (Lipinski definition) is 1. The summed E-state index contributed by atoms with van der Waals surface area (Å²) in [7, 11) is 0. The average Bonchev–Trinajstić information content (AvgIpc) is 3.25. The van der Waals surface area contributed by atoms with Crippen molar-refractivity contribution >= 4 is 40.0 Å². The zero-order chi connectivity index (χ0) is 25.0. The first-order valence-corrected chi connectivity index (χ1v) is 13.2. The molecule has 0 aliphatic heterocycles. The van der Waals surface area contributed by atoms with Gasteiger partial charge in [-0.3, -0.25) is 9.79 Å². The van der Waals surface area contributed by atoms with Crippen molar-refractivity contribution < 1.29 is 4.79 Å². The fourth-order valence-corrected chi connectivity index (χ4v) is 5.18. The van der Waals surface area contributed by atoms with Gasteiger partial charge in [-0.1, -0.05) is 68.2 Å². The second-order valence-electron chi connectivity index (χ2n) is 9.10. The molecule has 1 fully saturated rings. The zero-order valence-electron chi connectivity index (χ0n) is 21.0. The highest BCUT2D eigenvalue weighted by atomic mass is 32.1. The summed E-state index contributed by atoms with van der Waals surface area (Å²) in [6.07, 6.45) is 15.9. The van der Waals surface area contributed by atoms with Crippen molar-refractivity contribution in [2.75, 3.05) is 5.32 Å². The molecule has 2 aromatic heterocycles. The van der Waals surface area contributed by atoms with E-state index in [0.29, 0.717) is 0 Å². The Kier molecular flexibility index (Phi) is 10.4. The van der Waals surface area contributed by atoms with E-state index in [0.717, 1.165) is 63.8 Å². The summed E-state index contributed by atoms with van der Waals surface area (Å²) in [6, 6.07) is 10.0. The molecule has 35 heavy (non-hydrogen) atoms. The number of fused-ring (bicyclic) bond motifs is 1. The molecule has 0 saturated heterocycles. The SMILES string of the molecule is C=N/C=C\C=C/C.Cc1cnc2sc(-c3ccccc3NC(=O)C3CCCC(C)CCC3)nc2c1. The Morgan fingerprint density at radius 1 is 1.17 bits per heavy atom. The standard InChI is InChI=1S/C23H27N3OS.C6H9N/c1-15-7-5-9-17(10-6-8-15)21(27)25-19-12-4-3-11-18(19)22-26-20-13-16(2)14-24-23(20)28-22;1-3-4-5-6-7-2/h3-4,11-15,17H,5-10H2,1-2H3,(H,25,27);3-6H,2H2,1H3/b;4-3-,6-5-. The molecule has 5 nitrogen and oxygen atoms in total. The number of para-hydroxylation sites is 1. The van der Waals surface area contributed by atoms with Gasteiger partial charge in [0.15, 0.2) is 0 Å². The van der Waals surface area contributed by atoms with Crippen LogP contribution in [0.2, 0.25) is 0 Å². The number of aliphatic imine (C=N–C) groups is 1. The predicted molar refractivity (Wildman–Crippen MR) is 150 cm³/mol. The van der Waals surface area contributed by atoms with Crippen LogP contribution in [0.5, 0.6) is 0 Å². The van der Waals surface area contributed by atoms with Crippen molar-refractivity contribution in [3.63, 3.8) is 0 Å². The lowest BCUT2D eigenvalue weighted by atomic mass is 9.86. The van der Waals surface area contributed by atoms with Gasteiger partial charge in [-0.15, -0.1) is 0 Å². The molecule has 2 heterocycles. The molecule has 1 aromatic carbocycles. The Morgan fingerprint density at radius 3 is 2.63 bits per heavy atom. The minimum absolute atomic E-state index is 0.111. The first-order valence-electron chi connectivity index (χ1n) is 12.4. The van der Waals surface area contributed by atoms with Crippen LogP contribution in [0.15, 0.2) is 65.9 Å². The maximum atomic E-state index is 13.0. The van der Waals surface area contributed by atoms with E-state index in [-0.39, 0.29) is 11.8 Å². The average molecular weight is 489 g/mol. The molecule has 1 aliphatic rings. The summed E-state index contributed by atoms with van der Waals surface area (Å²) >= 11 is 1.57. The first-order chi connectivity index (χ1) is 17.0. The van der Waals surface area contributed by atoms with Gasteiger partial charge >= 0.3 is 0 Å². The number of thiazole rings is 1. The first kappa shape index (κ1) is 26.5. The molecule has 0 atom stereocenters. The summed E-state index contributed by atoms with van der Waals surface area (Å²) in [5.74, 6) is 1.05. The summed E-state index contributed by atoms with van der Waals surface area (Å²) in [4.78, 5) is 26.6. The van der Waals surface area contributed by atoms with E-state index < -0.39 is 0 Å². The van der Waals surface area contributed by atoms with Crippen LogP contribution in [0.4, 0.5) is 5.69 Å². The molecule has 0 unspecified atom stereocenters. The maximum absolute atomic E-state index is 13.0. The van der Waals surface area contributed by atoms with E-state index >= 15 is 0 Å². The van der Waals surface area contributed by atoms with Gasteiger partial charge in [0.1, 0.15) is 15.4 Å². The Hall–Kier alpha value is -3.12. The molecular formula is C29H36N4OS. The van der Waals surface area contributed by atoms with Gasteiger partial charge in [-0.25, -0.2) is 9.97 Å². The number of rotatable bonds is 5. The summed E-state index contributed by atoms with van der Waals surface area (Å²) < 4.78 is 0. The number of carbonyl (C=O) groups excluding carboxylic acids is 1. The second-order valence-corrected chi connectivity index (χ2v) is 10.1. The normalized spacial score (nSPS) is 18.6. The van der Waals surface area contributed by atoms with E-state index in [9.17, 15) is 4.79 Å². The molecule has 4 rings (SSSR count). The minimum Gasteiger partial charge on any atom is -0.325 e. The minimum atomic E-state index is 0.111. The van der Waals surface area contributed by atoms with E-state index in [1.165, 1.54) is 12.8 Å². The topological polar surface area (TPSA) is 67.2 Å². The van der Waals surface area contributed by atoms with E-state index in [1.54, 1.807) is 17.5 Å². The third-order valence-electron chi connectivity index (χ3n) is 6.16. The van der Waals surface area contributed by atoms with Gasteiger partial charge in [0.2, 0.25) is 5.91 Å². The largest absolute Gasteiger partial charge is 0.325 e. The second kappa shape index (κ2) is 13.7. The predicted octanol–water partition coefficient (Wildman–Crippen LogP) is 7.99. The van der Waals surface area contributed by atoms with E-state index in [1.807, 2.05) is 62.5 Å². The van der Waals surface area contributed by atoms with Crippen LogP contribution < -0.4 is 5.32 Å². The number of allylic oxidation sites excluding steroid dienone is 3. The molecule has 184 valence electrons. The molecule has 0 bridgehead atoms. The number of benzene rings is 1. The number of hydrogen-bond acceptors (Lipinski definition) is 5. The number of pyridine rings is 1. The van der Waals surface area contributed by atoms with Crippen LogP contribution in [0.25, 0.3) is 20.9 Å². The lowest BCUT2D eigenvalue weighted by Crippen LogP contribution is -2.24. The van der Waals surface area contributed by atoms with Crippen LogP contribution in [0.3, 0.4) is 0 Å². The van der Waals surface area contributed by atoms with Crippen LogP contribution in [0, 0.1) is 18.8 Å². The smallest absolute Gasteiger partial charge is 0.227 e. The Bertz CT molecular complexity index is 1170. The summed E-state index contributed by atoms with van der Waals surface area (Å²) in [5, 5.41) is 4.10. The zero-order valence-corrected chi connectivity index (χ0v) is 21.9. The lowest BCUT2D eigenvalue weighted by Gasteiger charge is -2.22. The Balaban J connectivity index is 0.000000429. The fraction of sp³-hybridized carbons (Fsp3) is 0.379. The van der Waals surface area contributed by atoms with Crippen molar-refractivity contribution in [1.29, 1.82) is 0 Å². The number of amides is 1. The van der Waals surface area contributed by atoms with Crippen LogP contribution in [-0.4, -0.2) is 22.6 Å². The van der Waals surface area contributed by atoms with Gasteiger partial charge < -0.3 is 5.32 Å². The van der Waals surface area contributed by atoms with Gasteiger partial charge in [-0.2, -0.15) is 0 Å². The fourth-order valence-electron chi connectivity index (χ4n) is 4.25. The number of aryl methyl sites for hydroxylation is 1. The molecule has 0 radical (unpaired) electrons. The molecule has 1 saturated carbocycles. The monoisotopic (exact) mass is 488 g/mol. The number of nitrogens with one attached hydrogen (secondary N) is 1. The quantitative estimate of drug-likeness (QED) is 0.292. The van der Waals surface area contributed by atoms with Crippen molar-refractivity contribution in [2.24, 2.45) is 16.8 Å². The molecule has 3 aromatic rings. The van der Waals surface area contributed by atoms with Crippen molar-refractivity contribution in [2.45, 2.75) is 59.3 Å². The highest BCUT2D eigenvalue weighted by molar-refractivity contribution is 7.21. The van der Waals surface area contributed by atoms with E-state index in [4.69, 9.17) is 4.98 Å². The van der Waals surface area contributed by atoms with Crippen molar-refractivity contribution in [3.8, 4) is 10.6 Å². The molecule has 0 spiro atoms. The van der Waals surface area contributed by atoms with Crippen LogP contribution in [-0.2, 0) is 4.79 Å². The lowest BCUT2D eigenvalue weighted by molar-refractivity contribution is -0.120. The Labute approximate surface area is 213 Å². The summed E-state index contributed by atoms with van der Waals surface area (Å²) in [6.45, 7) is 9.56. The number of anilines is 1. The van der Waals surface area contributed by atoms with Gasteiger partial charge in [0.25, 0.3) is 0 Å². The van der Waals surface area contributed by atoms with Crippen LogP contribution in [0.1, 0.15) is 57.9 Å². The van der Waals surface area contributed by atoms with Crippen molar-refractivity contribution in [3.05, 3.63) is 66.5 Å². The number of nitrogens with zero attached hydrogens (tertiary/aromatic N) is 3. The maximum Gasteiger partial charge on any atom is 0.227 e. The summed E-state index contributed by atoms with van der Waals surface area (Å²) in [5.41, 5.74) is 3.83. The highest BCUT2D eigenvalue weighted by Crippen LogP contribution is 2.35. The third-order valence-corrected chi connectivity index (χ3v) is 7.18. The molecule has 1 amide bonds.